The summed E-state index contributed by atoms with van der Waals surface area (Å²) in [6.45, 7) is 4.27. The molecule has 2 aliphatic rings. The van der Waals surface area contributed by atoms with Crippen molar-refractivity contribution >= 4 is 43.8 Å². The largest absolute Gasteiger partial charge is 0.371 e. The summed E-state index contributed by atoms with van der Waals surface area (Å²) >= 11 is 6.05. The van der Waals surface area contributed by atoms with Gasteiger partial charge in [0.05, 0.1) is 10.6 Å². The van der Waals surface area contributed by atoms with Crippen LogP contribution in [0.3, 0.4) is 0 Å². The molecule has 0 spiro atoms. The monoisotopic (exact) mass is 526 g/mol. The molecule has 0 saturated carbocycles. The molecule has 0 bridgehead atoms. The van der Waals surface area contributed by atoms with Crippen molar-refractivity contribution in [2.75, 3.05) is 30.3 Å². The fraction of sp³-hybridized carbons (Fsp3) is 0.407. The molecule has 0 aliphatic carbocycles. The lowest BCUT2D eigenvalue weighted by Crippen LogP contribution is -2.51. The molecule has 1 unspecified atom stereocenters. The number of pyridine rings is 1. The predicted molar refractivity (Wildman–Crippen MR) is 143 cm³/mol. The number of carbonyl (C=O) groups excluding carboxylic acids is 1. The van der Waals surface area contributed by atoms with Crippen molar-refractivity contribution in [1.29, 1.82) is 0 Å². The van der Waals surface area contributed by atoms with Gasteiger partial charge in [-0.1, -0.05) is 23.7 Å². The van der Waals surface area contributed by atoms with Crippen molar-refractivity contribution < 1.29 is 13.2 Å². The lowest BCUT2D eigenvalue weighted by Gasteiger charge is -2.34. The number of hydrogen-bond acceptors (Lipinski definition) is 6. The Morgan fingerprint density at radius 3 is 2.56 bits per heavy atom. The van der Waals surface area contributed by atoms with E-state index in [9.17, 15) is 13.2 Å². The van der Waals surface area contributed by atoms with E-state index in [2.05, 4.69) is 21.4 Å². The van der Waals surface area contributed by atoms with Crippen LogP contribution in [0.25, 0.3) is 10.8 Å². The number of benzene rings is 2. The van der Waals surface area contributed by atoms with Gasteiger partial charge in [-0.3, -0.25) is 15.2 Å². The van der Waals surface area contributed by atoms with E-state index >= 15 is 0 Å². The van der Waals surface area contributed by atoms with Gasteiger partial charge >= 0.3 is 0 Å². The summed E-state index contributed by atoms with van der Waals surface area (Å²) in [4.78, 5) is 19.9. The number of sulfone groups is 1. The Morgan fingerprint density at radius 2 is 1.78 bits per heavy atom. The number of piperidine rings is 1. The van der Waals surface area contributed by atoms with Crippen LogP contribution in [-0.2, 0) is 14.6 Å². The molecule has 2 aromatic carbocycles. The molecular formula is C27H31ClN4O3S. The molecule has 1 aromatic heterocycles. The van der Waals surface area contributed by atoms with Gasteiger partial charge in [-0.15, -0.1) is 0 Å². The Labute approximate surface area is 217 Å². The number of carbonyl (C=O) groups is 1. The SMILES string of the molecule is Cc1cc(N2CCC(C(=O)NN3CCCC3CS(=O)(=O)c3ccc4cc(Cl)ccc4c3)CC2)ccn1. The van der Waals surface area contributed by atoms with Gasteiger partial charge in [-0.2, -0.15) is 0 Å². The van der Waals surface area contributed by atoms with Gasteiger partial charge in [-0.05, 0) is 79.8 Å². The maximum Gasteiger partial charge on any atom is 0.237 e. The van der Waals surface area contributed by atoms with Gasteiger partial charge in [0.15, 0.2) is 9.84 Å². The average Bonchev–Trinajstić information content (AvgIpc) is 3.29. The molecule has 190 valence electrons. The quantitative estimate of drug-likeness (QED) is 0.513. The van der Waals surface area contributed by atoms with E-state index in [4.69, 9.17) is 11.6 Å². The number of rotatable bonds is 6. The van der Waals surface area contributed by atoms with E-state index in [0.717, 1.165) is 60.9 Å². The molecule has 2 saturated heterocycles. The van der Waals surface area contributed by atoms with Crippen molar-refractivity contribution in [3.63, 3.8) is 0 Å². The third kappa shape index (κ3) is 5.51. The smallest absolute Gasteiger partial charge is 0.237 e. The zero-order chi connectivity index (χ0) is 25.3. The van der Waals surface area contributed by atoms with Crippen LogP contribution in [0.5, 0.6) is 0 Å². The van der Waals surface area contributed by atoms with Gasteiger partial charge in [0, 0.05) is 54.2 Å². The Hall–Kier alpha value is -2.68. The average molecular weight is 527 g/mol. The summed E-state index contributed by atoms with van der Waals surface area (Å²) in [5.74, 6) is -0.103. The van der Waals surface area contributed by atoms with Crippen LogP contribution in [-0.4, -0.2) is 55.7 Å². The van der Waals surface area contributed by atoms with Crippen molar-refractivity contribution in [2.24, 2.45) is 5.92 Å². The maximum atomic E-state index is 13.3. The summed E-state index contributed by atoms with van der Waals surface area (Å²) in [5, 5.41) is 4.21. The molecule has 9 heteroatoms. The standard InChI is InChI=1S/C27H31ClN4O3S/c1-19-15-24(8-11-29-19)31-13-9-20(10-14-31)27(33)30-32-12-2-3-25(32)18-36(34,35)26-7-5-21-16-23(28)6-4-22(21)17-26/h4-8,11,15-17,20,25H,2-3,9-10,12-14,18H2,1H3,(H,30,33). The first-order chi connectivity index (χ1) is 17.3. The molecule has 0 radical (unpaired) electrons. The Balaban J connectivity index is 1.20. The summed E-state index contributed by atoms with van der Waals surface area (Å²) in [6, 6.07) is 14.4. The van der Waals surface area contributed by atoms with Crippen molar-refractivity contribution in [2.45, 2.75) is 43.5 Å². The number of amides is 1. The molecule has 3 heterocycles. The molecule has 3 aromatic rings. The Morgan fingerprint density at radius 1 is 1.03 bits per heavy atom. The number of aromatic nitrogens is 1. The lowest BCUT2D eigenvalue weighted by atomic mass is 9.96. The van der Waals surface area contributed by atoms with E-state index in [0.29, 0.717) is 16.5 Å². The molecule has 2 aliphatic heterocycles. The second-order valence-electron chi connectivity index (χ2n) is 9.82. The van der Waals surface area contributed by atoms with Crippen LogP contribution < -0.4 is 10.3 Å². The normalized spacial score (nSPS) is 19.6. The van der Waals surface area contributed by atoms with Crippen molar-refractivity contribution in [3.8, 4) is 0 Å². The zero-order valence-electron chi connectivity index (χ0n) is 20.4. The van der Waals surface area contributed by atoms with Crippen molar-refractivity contribution in [1.82, 2.24) is 15.4 Å². The van der Waals surface area contributed by atoms with E-state index in [1.165, 1.54) is 0 Å². The first-order valence-corrected chi connectivity index (χ1v) is 14.5. The number of hydrogen-bond donors (Lipinski definition) is 1. The number of hydrazine groups is 1. The first kappa shape index (κ1) is 25.0. The van der Waals surface area contributed by atoms with Gasteiger partial charge in [0.25, 0.3) is 0 Å². The fourth-order valence-electron chi connectivity index (χ4n) is 5.25. The number of halogens is 1. The minimum atomic E-state index is -3.52. The Bertz CT molecular complexity index is 1370. The summed E-state index contributed by atoms with van der Waals surface area (Å²) in [7, 11) is -3.52. The van der Waals surface area contributed by atoms with Crippen molar-refractivity contribution in [3.05, 3.63) is 65.4 Å². The summed E-state index contributed by atoms with van der Waals surface area (Å²) < 4.78 is 26.5. The summed E-state index contributed by atoms with van der Waals surface area (Å²) in [5.41, 5.74) is 5.18. The molecule has 1 N–H and O–H groups in total. The van der Waals surface area contributed by atoms with Crippen LogP contribution in [0, 0.1) is 12.8 Å². The van der Waals surface area contributed by atoms with Crippen LogP contribution in [0.15, 0.2) is 59.6 Å². The highest BCUT2D eigenvalue weighted by molar-refractivity contribution is 7.91. The third-order valence-electron chi connectivity index (χ3n) is 7.29. The predicted octanol–water partition coefficient (Wildman–Crippen LogP) is 4.38. The van der Waals surface area contributed by atoms with Gasteiger partial charge in [0.1, 0.15) is 0 Å². The highest BCUT2D eigenvalue weighted by Crippen LogP contribution is 2.27. The van der Waals surface area contributed by atoms with Crippen LogP contribution in [0.4, 0.5) is 5.69 Å². The first-order valence-electron chi connectivity index (χ1n) is 12.5. The van der Waals surface area contributed by atoms with Crippen LogP contribution >= 0.6 is 11.6 Å². The number of fused-ring (bicyclic) bond motifs is 1. The molecule has 1 atom stereocenters. The minimum absolute atomic E-state index is 0.00700. The number of aryl methyl sites for hydroxylation is 1. The lowest BCUT2D eigenvalue weighted by molar-refractivity contribution is -0.130. The minimum Gasteiger partial charge on any atom is -0.371 e. The number of nitrogens with zero attached hydrogens (tertiary/aromatic N) is 3. The molecule has 5 rings (SSSR count). The zero-order valence-corrected chi connectivity index (χ0v) is 21.9. The van der Waals surface area contributed by atoms with Gasteiger partial charge in [0.2, 0.25) is 5.91 Å². The highest BCUT2D eigenvalue weighted by Gasteiger charge is 2.33. The molecular weight excluding hydrogens is 496 g/mol. The van der Waals surface area contributed by atoms with E-state index < -0.39 is 9.84 Å². The third-order valence-corrected chi connectivity index (χ3v) is 9.32. The summed E-state index contributed by atoms with van der Waals surface area (Å²) in [6.07, 6.45) is 4.95. The molecule has 1 amide bonds. The van der Waals surface area contributed by atoms with Crippen LogP contribution in [0.2, 0.25) is 5.02 Å². The van der Waals surface area contributed by atoms with E-state index in [-0.39, 0.29) is 23.6 Å². The topological polar surface area (TPSA) is 82.6 Å². The van der Waals surface area contributed by atoms with Gasteiger partial charge in [-0.25, -0.2) is 13.4 Å². The van der Waals surface area contributed by atoms with Crippen LogP contribution in [0.1, 0.15) is 31.4 Å². The molecule has 36 heavy (non-hydrogen) atoms. The molecule has 7 nitrogen and oxygen atoms in total. The fourth-order valence-corrected chi connectivity index (χ4v) is 7.06. The van der Waals surface area contributed by atoms with E-state index in [1.54, 1.807) is 24.3 Å². The Kier molecular flexibility index (Phi) is 7.19. The maximum absolute atomic E-state index is 13.3. The second kappa shape index (κ2) is 10.4. The van der Waals surface area contributed by atoms with E-state index in [1.807, 2.05) is 36.3 Å². The number of nitrogens with one attached hydrogen (secondary N) is 1. The second-order valence-corrected chi connectivity index (χ2v) is 12.3. The molecule has 2 fully saturated rings. The number of anilines is 1. The highest BCUT2D eigenvalue weighted by atomic mass is 35.5. The van der Waals surface area contributed by atoms with Gasteiger partial charge < -0.3 is 4.90 Å².